The van der Waals surface area contributed by atoms with Crippen LogP contribution in [0.5, 0.6) is 0 Å². The lowest BCUT2D eigenvalue weighted by molar-refractivity contribution is 0.275. The lowest BCUT2D eigenvalue weighted by atomic mass is 10.1. The molecule has 1 aromatic carbocycles. The largest absolute Gasteiger partial charge is 0.330 e. The van der Waals surface area contributed by atoms with E-state index in [4.69, 9.17) is 9.05 Å². The van der Waals surface area contributed by atoms with Crippen LogP contribution in [0.3, 0.4) is 0 Å². The molecule has 3 nitrogen and oxygen atoms in total. The monoisotopic (exact) mass is 256 g/mol. The quantitative estimate of drug-likeness (QED) is 0.523. The molecule has 0 saturated carbocycles. The Balaban J connectivity index is 2.15. The summed E-state index contributed by atoms with van der Waals surface area (Å²) in [7, 11) is 0.0842. The fraction of sp³-hybridized carbons (Fsp3) is 0.538. The Labute approximate surface area is 104 Å². The zero-order valence-corrected chi connectivity index (χ0v) is 11.5. The zero-order chi connectivity index (χ0) is 12.6. The van der Waals surface area contributed by atoms with Gasteiger partial charge in [-0.1, -0.05) is 36.8 Å². The van der Waals surface area contributed by atoms with Gasteiger partial charge in [0.15, 0.2) is 0 Å². The van der Waals surface area contributed by atoms with Crippen molar-refractivity contribution >= 4 is 7.60 Å². The molecule has 0 atom stereocenters. The van der Waals surface area contributed by atoms with Crippen LogP contribution in [0.1, 0.15) is 24.8 Å². The van der Waals surface area contributed by atoms with Crippen molar-refractivity contribution in [2.75, 3.05) is 20.4 Å². The first-order valence-electron chi connectivity index (χ1n) is 5.94. The third kappa shape index (κ3) is 5.49. The van der Waals surface area contributed by atoms with Crippen LogP contribution in [-0.2, 0) is 20.0 Å². The predicted octanol–water partition coefficient (Wildman–Crippen LogP) is 3.89. The lowest BCUT2D eigenvalue weighted by Crippen LogP contribution is -1.95. The summed E-state index contributed by atoms with van der Waals surface area (Å²) < 4.78 is 21.5. The molecule has 4 heteroatoms. The topological polar surface area (TPSA) is 35.5 Å². The van der Waals surface area contributed by atoms with E-state index in [-0.39, 0.29) is 0 Å². The molecular formula is C13H21O3P. The van der Waals surface area contributed by atoms with Gasteiger partial charge in [0.1, 0.15) is 0 Å². The second-order valence-electron chi connectivity index (χ2n) is 4.00. The lowest BCUT2D eigenvalue weighted by Gasteiger charge is -2.12. The maximum atomic E-state index is 11.7. The zero-order valence-electron chi connectivity index (χ0n) is 10.6. The second kappa shape index (κ2) is 7.65. The van der Waals surface area contributed by atoms with Gasteiger partial charge >= 0.3 is 7.60 Å². The SMILES string of the molecule is COP(=O)(CCCCCc1ccccc1)OC. The molecule has 0 radical (unpaired) electrons. The molecule has 0 bridgehead atoms. The minimum Gasteiger partial charge on any atom is -0.312 e. The normalized spacial score (nSPS) is 11.6. The third-order valence-electron chi connectivity index (χ3n) is 2.80. The van der Waals surface area contributed by atoms with Crippen molar-refractivity contribution in [2.24, 2.45) is 0 Å². The third-order valence-corrected chi connectivity index (χ3v) is 4.77. The first-order chi connectivity index (χ1) is 8.20. The minimum atomic E-state index is -2.79. The van der Waals surface area contributed by atoms with E-state index in [0.717, 1.165) is 25.7 Å². The van der Waals surface area contributed by atoms with Crippen LogP contribution in [0, 0.1) is 0 Å². The van der Waals surface area contributed by atoms with Crippen molar-refractivity contribution < 1.29 is 13.6 Å². The molecule has 0 aliphatic heterocycles. The molecule has 0 N–H and O–H groups in total. The Hall–Kier alpha value is -0.630. The van der Waals surface area contributed by atoms with E-state index in [9.17, 15) is 4.57 Å². The van der Waals surface area contributed by atoms with E-state index >= 15 is 0 Å². The molecule has 0 heterocycles. The molecular weight excluding hydrogens is 235 g/mol. The molecule has 0 unspecified atom stereocenters. The van der Waals surface area contributed by atoms with Crippen LogP contribution < -0.4 is 0 Å². The van der Waals surface area contributed by atoms with E-state index in [1.54, 1.807) is 0 Å². The van der Waals surface area contributed by atoms with Gasteiger partial charge in [-0.15, -0.1) is 0 Å². The molecule has 17 heavy (non-hydrogen) atoms. The molecule has 0 aromatic heterocycles. The van der Waals surface area contributed by atoms with Crippen molar-refractivity contribution in [1.29, 1.82) is 0 Å². The van der Waals surface area contributed by atoms with Crippen LogP contribution >= 0.6 is 7.60 Å². The van der Waals surface area contributed by atoms with Gasteiger partial charge in [-0.05, 0) is 24.8 Å². The van der Waals surface area contributed by atoms with Crippen LogP contribution in [-0.4, -0.2) is 20.4 Å². The van der Waals surface area contributed by atoms with Crippen molar-refractivity contribution in [3.8, 4) is 0 Å². The van der Waals surface area contributed by atoms with E-state index in [1.165, 1.54) is 19.8 Å². The molecule has 0 amide bonds. The Morgan fingerprint density at radius 2 is 1.65 bits per heavy atom. The highest BCUT2D eigenvalue weighted by molar-refractivity contribution is 7.53. The average Bonchev–Trinajstić information content (AvgIpc) is 2.39. The smallest absolute Gasteiger partial charge is 0.312 e. The minimum absolute atomic E-state index is 0.509. The number of aryl methyl sites for hydroxylation is 1. The molecule has 1 aromatic rings. The average molecular weight is 256 g/mol. The van der Waals surface area contributed by atoms with E-state index in [1.807, 2.05) is 6.07 Å². The molecule has 0 saturated heterocycles. The number of hydrogen-bond donors (Lipinski definition) is 0. The maximum absolute atomic E-state index is 11.7. The summed E-state index contributed by atoms with van der Waals surface area (Å²) in [6.07, 6.45) is 4.62. The highest BCUT2D eigenvalue weighted by Gasteiger charge is 2.19. The predicted molar refractivity (Wildman–Crippen MR) is 70.5 cm³/mol. The van der Waals surface area contributed by atoms with Crippen molar-refractivity contribution in [1.82, 2.24) is 0 Å². The molecule has 1 rings (SSSR count). The number of hydrogen-bond acceptors (Lipinski definition) is 3. The van der Waals surface area contributed by atoms with Crippen molar-refractivity contribution in [2.45, 2.75) is 25.7 Å². The fourth-order valence-corrected chi connectivity index (χ4v) is 2.84. The van der Waals surface area contributed by atoms with Crippen LogP contribution in [0.2, 0.25) is 0 Å². The summed E-state index contributed by atoms with van der Waals surface area (Å²) in [5, 5.41) is 0. The van der Waals surface area contributed by atoms with Gasteiger partial charge in [0.05, 0.1) is 6.16 Å². The van der Waals surface area contributed by atoms with Crippen LogP contribution in [0.15, 0.2) is 30.3 Å². The van der Waals surface area contributed by atoms with Gasteiger partial charge in [0, 0.05) is 14.2 Å². The molecule has 0 aliphatic carbocycles. The van der Waals surface area contributed by atoms with Gasteiger partial charge in [-0.3, -0.25) is 4.57 Å². The van der Waals surface area contributed by atoms with Gasteiger partial charge in [-0.2, -0.15) is 0 Å². The second-order valence-corrected chi connectivity index (χ2v) is 6.40. The molecule has 0 aliphatic rings. The maximum Gasteiger partial charge on any atom is 0.330 e. The summed E-state index contributed by atoms with van der Waals surface area (Å²) in [5.74, 6) is 0. The molecule has 96 valence electrons. The number of rotatable bonds is 8. The van der Waals surface area contributed by atoms with E-state index < -0.39 is 7.60 Å². The first-order valence-corrected chi connectivity index (χ1v) is 7.67. The fourth-order valence-electron chi connectivity index (χ4n) is 1.71. The molecule has 0 spiro atoms. The van der Waals surface area contributed by atoms with Crippen molar-refractivity contribution in [3.63, 3.8) is 0 Å². The first kappa shape index (κ1) is 14.4. The summed E-state index contributed by atoms with van der Waals surface area (Å²) in [5.41, 5.74) is 1.36. The van der Waals surface area contributed by atoms with Gasteiger partial charge < -0.3 is 9.05 Å². The Morgan fingerprint density at radius 3 is 2.24 bits per heavy atom. The Morgan fingerprint density at radius 1 is 1.00 bits per heavy atom. The van der Waals surface area contributed by atoms with Crippen LogP contribution in [0.4, 0.5) is 0 Å². The Kier molecular flexibility index (Phi) is 6.49. The highest BCUT2D eigenvalue weighted by Crippen LogP contribution is 2.47. The van der Waals surface area contributed by atoms with E-state index in [2.05, 4.69) is 24.3 Å². The van der Waals surface area contributed by atoms with E-state index in [0.29, 0.717) is 6.16 Å². The summed E-state index contributed by atoms with van der Waals surface area (Å²) >= 11 is 0. The highest BCUT2D eigenvalue weighted by atomic mass is 31.2. The van der Waals surface area contributed by atoms with Gasteiger partial charge in [-0.25, -0.2) is 0 Å². The summed E-state index contributed by atoms with van der Waals surface area (Å²) in [6.45, 7) is 0. The Bertz CT molecular complexity index is 343. The summed E-state index contributed by atoms with van der Waals surface area (Å²) in [4.78, 5) is 0. The van der Waals surface area contributed by atoms with Crippen LogP contribution in [0.25, 0.3) is 0 Å². The number of unbranched alkanes of at least 4 members (excludes halogenated alkanes) is 2. The molecule has 0 fully saturated rings. The standard InChI is InChI=1S/C13H21O3P/c1-15-17(14,16-2)12-8-4-7-11-13-9-5-3-6-10-13/h3,5-6,9-10H,4,7-8,11-12H2,1-2H3. The van der Waals surface area contributed by atoms with Crippen molar-refractivity contribution in [3.05, 3.63) is 35.9 Å². The van der Waals surface area contributed by atoms with Gasteiger partial charge in [0.25, 0.3) is 0 Å². The van der Waals surface area contributed by atoms with Gasteiger partial charge in [0.2, 0.25) is 0 Å². The summed E-state index contributed by atoms with van der Waals surface area (Å²) in [6, 6.07) is 10.4. The number of benzene rings is 1.